The molecule has 0 aliphatic heterocycles. The van der Waals surface area contributed by atoms with Crippen molar-refractivity contribution in [2.75, 3.05) is 0 Å². The fraction of sp³-hybridized carbons (Fsp3) is 0.684. The van der Waals surface area contributed by atoms with Crippen molar-refractivity contribution in [2.24, 2.45) is 11.8 Å². The average molecular weight is 260 g/mol. The molecule has 0 fully saturated rings. The first-order valence-electron chi connectivity index (χ1n) is 8.28. The Morgan fingerprint density at radius 2 is 1.47 bits per heavy atom. The van der Waals surface area contributed by atoms with Crippen LogP contribution in [0.2, 0.25) is 0 Å². The SMILES string of the molecule is CCCCCCCCC(Cc1ccccc1)C(C)C. The normalized spacial score (nSPS) is 12.8. The minimum atomic E-state index is 0.802. The third-order valence-corrected chi connectivity index (χ3v) is 4.21. The van der Waals surface area contributed by atoms with Gasteiger partial charge in [0.2, 0.25) is 0 Å². The predicted octanol–water partition coefficient (Wildman–Crippen LogP) is 6.25. The average Bonchev–Trinajstić information content (AvgIpc) is 2.42. The zero-order chi connectivity index (χ0) is 13.9. The molecule has 1 atom stereocenters. The molecular weight excluding hydrogens is 228 g/mol. The van der Waals surface area contributed by atoms with Gasteiger partial charge in [0.1, 0.15) is 0 Å². The summed E-state index contributed by atoms with van der Waals surface area (Å²) in [5, 5.41) is 0. The fourth-order valence-corrected chi connectivity index (χ4v) is 2.77. The standard InChI is InChI=1S/C19H32/c1-4-5-6-7-8-12-15-19(17(2)3)16-18-13-10-9-11-14-18/h9-11,13-14,17,19H,4-8,12,15-16H2,1-3H3. The van der Waals surface area contributed by atoms with E-state index in [1.807, 2.05) is 0 Å². The highest BCUT2D eigenvalue weighted by Crippen LogP contribution is 2.23. The van der Waals surface area contributed by atoms with Gasteiger partial charge in [-0.25, -0.2) is 0 Å². The molecule has 0 N–H and O–H groups in total. The van der Waals surface area contributed by atoms with Gasteiger partial charge in [0.05, 0.1) is 0 Å². The van der Waals surface area contributed by atoms with Gasteiger partial charge in [-0.3, -0.25) is 0 Å². The Hall–Kier alpha value is -0.780. The summed E-state index contributed by atoms with van der Waals surface area (Å²) >= 11 is 0. The van der Waals surface area contributed by atoms with Gasteiger partial charge in [0, 0.05) is 0 Å². The van der Waals surface area contributed by atoms with Crippen molar-refractivity contribution in [2.45, 2.75) is 72.1 Å². The smallest absolute Gasteiger partial charge is 0.0248 e. The summed E-state index contributed by atoms with van der Waals surface area (Å²) < 4.78 is 0. The summed E-state index contributed by atoms with van der Waals surface area (Å²) in [5.74, 6) is 1.66. The lowest BCUT2D eigenvalue weighted by molar-refractivity contribution is 0.343. The number of hydrogen-bond donors (Lipinski definition) is 0. The lowest BCUT2D eigenvalue weighted by Gasteiger charge is -2.21. The van der Waals surface area contributed by atoms with Crippen LogP contribution in [0, 0.1) is 11.8 Å². The second-order valence-electron chi connectivity index (χ2n) is 6.25. The minimum absolute atomic E-state index is 0.802. The van der Waals surface area contributed by atoms with Crippen molar-refractivity contribution >= 4 is 0 Å². The Morgan fingerprint density at radius 1 is 0.842 bits per heavy atom. The molecule has 0 heteroatoms. The molecule has 0 aromatic heterocycles. The lowest BCUT2D eigenvalue weighted by Crippen LogP contribution is -2.12. The topological polar surface area (TPSA) is 0 Å². The first kappa shape index (κ1) is 16.3. The van der Waals surface area contributed by atoms with Gasteiger partial charge in [-0.2, -0.15) is 0 Å². The maximum Gasteiger partial charge on any atom is -0.0248 e. The molecule has 1 rings (SSSR count). The van der Waals surface area contributed by atoms with Crippen molar-refractivity contribution in [1.29, 1.82) is 0 Å². The zero-order valence-electron chi connectivity index (χ0n) is 13.2. The zero-order valence-corrected chi connectivity index (χ0v) is 13.2. The minimum Gasteiger partial charge on any atom is -0.0654 e. The van der Waals surface area contributed by atoms with E-state index >= 15 is 0 Å². The van der Waals surface area contributed by atoms with Crippen LogP contribution in [0.3, 0.4) is 0 Å². The van der Waals surface area contributed by atoms with Crippen LogP contribution in [0.5, 0.6) is 0 Å². The molecule has 0 radical (unpaired) electrons. The highest BCUT2D eigenvalue weighted by Gasteiger charge is 2.13. The fourth-order valence-electron chi connectivity index (χ4n) is 2.77. The van der Waals surface area contributed by atoms with Gasteiger partial charge in [-0.05, 0) is 30.2 Å². The number of unbranched alkanes of at least 4 members (excludes halogenated alkanes) is 5. The van der Waals surface area contributed by atoms with E-state index in [2.05, 4.69) is 51.1 Å². The van der Waals surface area contributed by atoms with Gasteiger partial charge < -0.3 is 0 Å². The largest absolute Gasteiger partial charge is 0.0654 e. The second-order valence-corrected chi connectivity index (χ2v) is 6.25. The molecule has 0 spiro atoms. The third-order valence-electron chi connectivity index (χ3n) is 4.21. The first-order valence-corrected chi connectivity index (χ1v) is 8.28. The highest BCUT2D eigenvalue weighted by molar-refractivity contribution is 5.15. The Morgan fingerprint density at radius 3 is 2.11 bits per heavy atom. The summed E-state index contributed by atoms with van der Waals surface area (Å²) in [6, 6.07) is 11.0. The molecule has 0 saturated heterocycles. The molecule has 0 heterocycles. The molecule has 0 saturated carbocycles. The Bertz CT molecular complexity index is 299. The number of rotatable bonds is 10. The quantitative estimate of drug-likeness (QED) is 0.436. The predicted molar refractivity (Wildman–Crippen MR) is 86.5 cm³/mol. The maximum absolute atomic E-state index is 2.38. The molecule has 108 valence electrons. The Balaban J connectivity index is 2.25. The highest BCUT2D eigenvalue weighted by atomic mass is 14.2. The van der Waals surface area contributed by atoms with E-state index in [-0.39, 0.29) is 0 Å². The number of hydrogen-bond acceptors (Lipinski definition) is 0. The van der Waals surface area contributed by atoms with E-state index < -0.39 is 0 Å². The van der Waals surface area contributed by atoms with Crippen LogP contribution in [0.1, 0.15) is 71.3 Å². The van der Waals surface area contributed by atoms with Gasteiger partial charge in [-0.1, -0.05) is 89.6 Å². The molecule has 1 unspecified atom stereocenters. The number of benzene rings is 1. The summed E-state index contributed by atoms with van der Waals surface area (Å²) in [6.07, 6.45) is 11.1. The molecule has 0 aliphatic rings. The van der Waals surface area contributed by atoms with E-state index in [4.69, 9.17) is 0 Å². The second kappa shape index (κ2) is 10.1. The molecule has 1 aromatic carbocycles. The van der Waals surface area contributed by atoms with E-state index in [9.17, 15) is 0 Å². The van der Waals surface area contributed by atoms with Gasteiger partial charge in [-0.15, -0.1) is 0 Å². The summed E-state index contributed by atoms with van der Waals surface area (Å²) in [4.78, 5) is 0. The molecule has 19 heavy (non-hydrogen) atoms. The van der Waals surface area contributed by atoms with Crippen LogP contribution in [0.15, 0.2) is 30.3 Å². The van der Waals surface area contributed by atoms with Crippen LogP contribution in [-0.4, -0.2) is 0 Å². The van der Waals surface area contributed by atoms with Crippen molar-refractivity contribution < 1.29 is 0 Å². The Kier molecular flexibility index (Phi) is 8.62. The van der Waals surface area contributed by atoms with E-state index in [1.54, 1.807) is 0 Å². The van der Waals surface area contributed by atoms with Crippen molar-refractivity contribution in [3.63, 3.8) is 0 Å². The molecule has 0 amide bonds. The van der Waals surface area contributed by atoms with Crippen LogP contribution < -0.4 is 0 Å². The monoisotopic (exact) mass is 260 g/mol. The van der Waals surface area contributed by atoms with Crippen LogP contribution in [-0.2, 0) is 6.42 Å². The van der Waals surface area contributed by atoms with Crippen molar-refractivity contribution in [1.82, 2.24) is 0 Å². The first-order chi connectivity index (χ1) is 9.24. The maximum atomic E-state index is 2.38. The van der Waals surface area contributed by atoms with Gasteiger partial charge >= 0.3 is 0 Å². The summed E-state index contributed by atoms with van der Waals surface area (Å²) in [7, 11) is 0. The van der Waals surface area contributed by atoms with Crippen LogP contribution >= 0.6 is 0 Å². The van der Waals surface area contributed by atoms with E-state index in [1.165, 1.54) is 56.9 Å². The van der Waals surface area contributed by atoms with E-state index in [0.29, 0.717) is 0 Å². The van der Waals surface area contributed by atoms with Gasteiger partial charge in [0.25, 0.3) is 0 Å². The van der Waals surface area contributed by atoms with Crippen molar-refractivity contribution in [3.05, 3.63) is 35.9 Å². The van der Waals surface area contributed by atoms with E-state index in [0.717, 1.165) is 11.8 Å². The summed E-state index contributed by atoms with van der Waals surface area (Å²) in [5.41, 5.74) is 1.51. The molecule has 1 aromatic rings. The Labute approximate surface area is 120 Å². The molecular formula is C19H32. The summed E-state index contributed by atoms with van der Waals surface area (Å²) in [6.45, 7) is 7.05. The van der Waals surface area contributed by atoms with Crippen molar-refractivity contribution in [3.8, 4) is 0 Å². The molecule has 0 aliphatic carbocycles. The molecule has 0 bridgehead atoms. The third kappa shape index (κ3) is 7.40. The van der Waals surface area contributed by atoms with Crippen LogP contribution in [0.4, 0.5) is 0 Å². The van der Waals surface area contributed by atoms with Gasteiger partial charge in [0.15, 0.2) is 0 Å². The lowest BCUT2D eigenvalue weighted by atomic mass is 9.85. The molecule has 0 nitrogen and oxygen atoms in total. The van der Waals surface area contributed by atoms with Crippen LogP contribution in [0.25, 0.3) is 0 Å².